The van der Waals surface area contributed by atoms with E-state index in [0.717, 1.165) is 28.2 Å². The van der Waals surface area contributed by atoms with Gasteiger partial charge in [-0.25, -0.2) is 9.78 Å². The van der Waals surface area contributed by atoms with Gasteiger partial charge in [-0.05, 0) is 29.8 Å². The van der Waals surface area contributed by atoms with Crippen molar-refractivity contribution in [3.63, 3.8) is 0 Å². The summed E-state index contributed by atoms with van der Waals surface area (Å²) < 4.78 is 5.10. The number of aromatic amines is 1. The quantitative estimate of drug-likeness (QED) is 0.652. The van der Waals surface area contributed by atoms with Crippen molar-refractivity contribution in [3.05, 3.63) is 59.9 Å². The number of para-hydroxylation sites is 2. The average molecular weight is 324 g/mol. The molecule has 24 heavy (non-hydrogen) atoms. The van der Waals surface area contributed by atoms with Crippen LogP contribution in [0.1, 0.15) is 11.4 Å². The summed E-state index contributed by atoms with van der Waals surface area (Å²) in [5, 5.41) is 5.66. The molecule has 0 unspecified atom stereocenters. The van der Waals surface area contributed by atoms with Gasteiger partial charge in [0.1, 0.15) is 11.6 Å². The highest BCUT2D eigenvalue weighted by Gasteiger charge is 2.04. The predicted molar refractivity (Wildman–Crippen MR) is 93.0 cm³/mol. The number of fused-ring (bicyclic) bond motifs is 1. The second kappa shape index (κ2) is 7.50. The molecule has 1 aromatic heterocycles. The van der Waals surface area contributed by atoms with Gasteiger partial charge in [-0.2, -0.15) is 0 Å². The summed E-state index contributed by atoms with van der Waals surface area (Å²) in [6, 6.07) is 15.3. The van der Waals surface area contributed by atoms with Crippen LogP contribution in [0.3, 0.4) is 0 Å². The molecule has 2 amide bonds. The van der Waals surface area contributed by atoms with Crippen molar-refractivity contribution in [3.8, 4) is 5.75 Å². The van der Waals surface area contributed by atoms with Crippen LogP contribution in [0.15, 0.2) is 48.5 Å². The SMILES string of the molecule is COc1ccc(CNC(=O)NCCc2nc3ccccc3[nH]2)cc1. The molecule has 2 aromatic carbocycles. The summed E-state index contributed by atoms with van der Waals surface area (Å²) in [7, 11) is 1.63. The minimum atomic E-state index is -0.193. The lowest BCUT2D eigenvalue weighted by molar-refractivity contribution is 0.240. The fourth-order valence-electron chi connectivity index (χ4n) is 2.41. The average Bonchev–Trinajstić information content (AvgIpc) is 3.03. The van der Waals surface area contributed by atoms with Crippen LogP contribution in [-0.4, -0.2) is 29.7 Å². The number of aromatic nitrogens is 2. The second-order valence-corrected chi connectivity index (χ2v) is 5.41. The summed E-state index contributed by atoms with van der Waals surface area (Å²) in [6.45, 7) is 0.995. The van der Waals surface area contributed by atoms with E-state index in [2.05, 4.69) is 20.6 Å². The number of urea groups is 1. The number of nitrogens with zero attached hydrogens (tertiary/aromatic N) is 1. The zero-order chi connectivity index (χ0) is 16.8. The molecule has 0 bridgehead atoms. The third-order valence-corrected chi connectivity index (χ3v) is 3.70. The van der Waals surface area contributed by atoms with Gasteiger partial charge in [-0.1, -0.05) is 24.3 Å². The Kier molecular flexibility index (Phi) is 4.96. The maximum atomic E-state index is 11.8. The van der Waals surface area contributed by atoms with Gasteiger partial charge < -0.3 is 20.4 Å². The molecule has 0 saturated carbocycles. The van der Waals surface area contributed by atoms with E-state index in [0.29, 0.717) is 19.5 Å². The molecule has 0 aliphatic carbocycles. The summed E-state index contributed by atoms with van der Waals surface area (Å²) >= 11 is 0. The predicted octanol–water partition coefficient (Wildman–Crippen LogP) is 2.61. The number of rotatable bonds is 6. The fourth-order valence-corrected chi connectivity index (χ4v) is 2.41. The lowest BCUT2D eigenvalue weighted by Gasteiger charge is -2.07. The zero-order valence-corrected chi connectivity index (χ0v) is 13.5. The van der Waals surface area contributed by atoms with E-state index in [1.165, 1.54) is 0 Å². The Balaban J connectivity index is 1.41. The molecule has 3 rings (SSSR count). The van der Waals surface area contributed by atoms with Crippen LogP contribution in [0.4, 0.5) is 4.79 Å². The van der Waals surface area contributed by atoms with Crippen LogP contribution in [0.2, 0.25) is 0 Å². The van der Waals surface area contributed by atoms with Crippen LogP contribution in [0.25, 0.3) is 11.0 Å². The summed E-state index contributed by atoms with van der Waals surface area (Å²) in [4.78, 5) is 19.5. The number of nitrogens with one attached hydrogen (secondary N) is 3. The van der Waals surface area contributed by atoms with Gasteiger partial charge in [0.15, 0.2) is 0 Å². The molecule has 0 saturated heterocycles. The third kappa shape index (κ3) is 4.04. The maximum Gasteiger partial charge on any atom is 0.315 e. The third-order valence-electron chi connectivity index (χ3n) is 3.70. The van der Waals surface area contributed by atoms with Gasteiger partial charge in [0.25, 0.3) is 0 Å². The number of H-pyrrole nitrogens is 1. The minimum absolute atomic E-state index is 0.193. The molecule has 6 heteroatoms. The van der Waals surface area contributed by atoms with E-state index in [9.17, 15) is 4.79 Å². The van der Waals surface area contributed by atoms with Crippen LogP contribution in [0.5, 0.6) is 5.75 Å². The molecule has 0 radical (unpaired) electrons. The molecule has 0 aliphatic heterocycles. The van der Waals surface area contributed by atoms with Crippen molar-refractivity contribution >= 4 is 17.1 Å². The first-order valence-corrected chi connectivity index (χ1v) is 7.83. The van der Waals surface area contributed by atoms with E-state index >= 15 is 0 Å². The highest BCUT2D eigenvalue weighted by atomic mass is 16.5. The van der Waals surface area contributed by atoms with E-state index in [4.69, 9.17) is 4.74 Å². The van der Waals surface area contributed by atoms with Crippen LogP contribution in [0, 0.1) is 0 Å². The molecule has 3 N–H and O–H groups in total. The maximum absolute atomic E-state index is 11.8. The zero-order valence-electron chi connectivity index (χ0n) is 13.5. The molecule has 6 nitrogen and oxygen atoms in total. The van der Waals surface area contributed by atoms with E-state index in [-0.39, 0.29) is 6.03 Å². The van der Waals surface area contributed by atoms with Gasteiger partial charge in [0, 0.05) is 19.5 Å². The largest absolute Gasteiger partial charge is 0.497 e. The van der Waals surface area contributed by atoms with Crippen LogP contribution < -0.4 is 15.4 Å². The Morgan fingerprint density at radius 2 is 1.92 bits per heavy atom. The number of hydrogen-bond donors (Lipinski definition) is 3. The van der Waals surface area contributed by atoms with Gasteiger partial charge in [0.2, 0.25) is 0 Å². The lowest BCUT2D eigenvalue weighted by Crippen LogP contribution is -2.36. The summed E-state index contributed by atoms with van der Waals surface area (Å²) in [5.74, 6) is 1.67. The van der Waals surface area contributed by atoms with Crippen LogP contribution in [-0.2, 0) is 13.0 Å². The van der Waals surface area contributed by atoms with Crippen molar-refractivity contribution in [1.82, 2.24) is 20.6 Å². The van der Waals surface area contributed by atoms with Crippen molar-refractivity contribution < 1.29 is 9.53 Å². The number of imidazole rings is 1. The number of hydrogen-bond acceptors (Lipinski definition) is 3. The van der Waals surface area contributed by atoms with Crippen molar-refractivity contribution in [2.75, 3.05) is 13.7 Å². The smallest absolute Gasteiger partial charge is 0.315 e. The molecule has 1 heterocycles. The topological polar surface area (TPSA) is 79.0 Å². The van der Waals surface area contributed by atoms with Gasteiger partial charge in [0.05, 0.1) is 18.1 Å². The van der Waals surface area contributed by atoms with E-state index in [1.54, 1.807) is 7.11 Å². The number of carbonyl (C=O) groups excluding carboxylic acids is 1. The molecule has 124 valence electrons. The number of amides is 2. The normalized spacial score (nSPS) is 10.5. The lowest BCUT2D eigenvalue weighted by atomic mass is 10.2. The number of ether oxygens (including phenoxy) is 1. The molecular formula is C18H20N4O2. The highest BCUT2D eigenvalue weighted by Crippen LogP contribution is 2.11. The number of carbonyl (C=O) groups is 1. The first-order chi connectivity index (χ1) is 11.7. The standard InChI is InChI=1S/C18H20N4O2/c1-24-14-8-6-13(7-9-14)12-20-18(23)19-11-10-17-21-15-4-2-3-5-16(15)22-17/h2-9H,10-12H2,1H3,(H,21,22)(H2,19,20,23). The Hall–Kier alpha value is -3.02. The van der Waals surface area contributed by atoms with Gasteiger partial charge in [-0.15, -0.1) is 0 Å². The first kappa shape index (κ1) is 15.9. The highest BCUT2D eigenvalue weighted by molar-refractivity contribution is 5.75. The molecule has 0 atom stereocenters. The molecule has 0 fully saturated rings. The van der Waals surface area contributed by atoms with Crippen molar-refractivity contribution in [1.29, 1.82) is 0 Å². The Morgan fingerprint density at radius 3 is 2.67 bits per heavy atom. The van der Waals surface area contributed by atoms with Gasteiger partial charge in [-0.3, -0.25) is 0 Å². The molecule has 0 aliphatic rings. The Morgan fingerprint density at radius 1 is 1.12 bits per heavy atom. The number of benzene rings is 2. The summed E-state index contributed by atoms with van der Waals surface area (Å²) in [5.41, 5.74) is 2.97. The van der Waals surface area contributed by atoms with Gasteiger partial charge >= 0.3 is 6.03 Å². The first-order valence-electron chi connectivity index (χ1n) is 7.83. The van der Waals surface area contributed by atoms with Crippen LogP contribution >= 0.6 is 0 Å². The molecular weight excluding hydrogens is 304 g/mol. The number of methoxy groups -OCH3 is 1. The Labute approximate surface area is 140 Å². The van der Waals surface area contributed by atoms with E-state index in [1.807, 2.05) is 48.5 Å². The molecule has 0 spiro atoms. The van der Waals surface area contributed by atoms with Crippen molar-refractivity contribution in [2.24, 2.45) is 0 Å². The van der Waals surface area contributed by atoms with Crippen molar-refractivity contribution in [2.45, 2.75) is 13.0 Å². The second-order valence-electron chi connectivity index (χ2n) is 5.41. The monoisotopic (exact) mass is 324 g/mol. The minimum Gasteiger partial charge on any atom is -0.497 e. The molecule has 3 aromatic rings. The fraction of sp³-hybridized carbons (Fsp3) is 0.222. The van der Waals surface area contributed by atoms with E-state index < -0.39 is 0 Å². The summed E-state index contributed by atoms with van der Waals surface area (Å²) in [6.07, 6.45) is 0.657. The Bertz CT molecular complexity index is 778.